The van der Waals surface area contributed by atoms with Gasteiger partial charge in [-0.05, 0) is 114 Å². The van der Waals surface area contributed by atoms with Gasteiger partial charge in [-0.2, -0.15) is 0 Å². The van der Waals surface area contributed by atoms with Crippen molar-refractivity contribution in [2.24, 2.45) is 0 Å². The van der Waals surface area contributed by atoms with E-state index in [0.717, 1.165) is 61.3 Å². The van der Waals surface area contributed by atoms with Crippen LogP contribution >= 0.6 is 0 Å². The average Bonchev–Trinajstić information content (AvgIpc) is 4.07. The Bertz CT molecular complexity index is 3910. The van der Waals surface area contributed by atoms with E-state index in [0.29, 0.717) is 0 Å². The molecule has 1 spiro atoms. The Labute approximate surface area is 401 Å². The molecule has 0 bridgehead atoms. The first-order chi connectivity index (χ1) is 34.3. The molecule has 11 aromatic carbocycles. The van der Waals surface area contributed by atoms with Gasteiger partial charge in [-0.25, -0.2) is 0 Å². The zero-order valence-corrected chi connectivity index (χ0v) is 37.7. The largest absolute Gasteiger partial charge is 0.456 e. The van der Waals surface area contributed by atoms with Gasteiger partial charge >= 0.3 is 0 Å². The molecule has 2 heteroatoms. The minimum Gasteiger partial charge on any atom is -0.456 e. The highest BCUT2D eigenvalue weighted by atomic mass is 16.3. The molecule has 322 valence electrons. The summed E-state index contributed by atoms with van der Waals surface area (Å²) in [5.41, 5.74) is 24.2. The molecule has 0 radical (unpaired) electrons. The summed E-state index contributed by atoms with van der Waals surface area (Å²) in [6.07, 6.45) is 0. The Morgan fingerprint density at radius 1 is 0.275 bits per heavy atom. The van der Waals surface area contributed by atoms with Crippen molar-refractivity contribution < 1.29 is 4.42 Å². The summed E-state index contributed by atoms with van der Waals surface area (Å²) in [6, 6.07) is 95.7. The summed E-state index contributed by atoms with van der Waals surface area (Å²) < 4.78 is 6.38. The molecule has 0 saturated carbocycles. The van der Waals surface area contributed by atoms with Crippen molar-refractivity contribution in [3.8, 4) is 66.8 Å². The number of furan rings is 1. The fourth-order valence-electron chi connectivity index (χ4n) is 12.0. The van der Waals surface area contributed by atoms with E-state index in [-0.39, 0.29) is 0 Å². The van der Waals surface area contributed by atoms with Crippen molar-refractivity contribution in [2.75, 3.05) is 4.90 Å². The SMILES string of the molecule is c1ccc(-c2ccccc2-c2c(-c3ccccc3)cccc2N(c2ccc(-c3cccc4oc5ccccc5c34)cc2)c2cccc3c2-c2ccccc2C32c3ccccc3-c3ccccc32)cc1. The van der Waals surface area contributed by atoms with E-state index in [4.69, 9.17) is 4.42 Å². The van der Waals surface area contributed by atoms with Gasteiger partial charge in [0, 0.05) is 27.6 Å². The first kappa shape index (κ1) is 39.2. The quantitative estimate of drug-likeness (QED) is 0.159. The number of para-hydroxylation sites is 1. The van der Waals surface area contributed by atoms with E-state index in [2.05, 4.69) is 260 Å². The molecule has 2 aliphatic carbocycles. The zero-order valence-electron chi connectivity index (χ0n) is 37.7. The highest BCUT2D eigenvalue weighted by Crippen LogP contribution is 2.65. The third kappa shape index (κ3) is 5.79. The van der Waals surface area contributed by atoms with Crippen LogP contribution in [-0.2, 0) is 5.41 Å². The van der Waals surface area contributed by atoms with Gasteiger partial charge in [0.15, 0.2) is 0 Å². The van der Waals surface area contributed by atoms with Crippen molar-refractivity contribution in [1.82, 2.24) is 0 Å². The second-order valence-corrected chi connectivity index (χ2v) is 18.2. The fraction of sp³-hybridized carbons (Fsp3) is 0.0149. The summed E-state index contributed by atoms with van der Waals surface area (Å²) in [4.78, 5) is 2.54. The highest BCUT2D eigenvalue weighted by molar-refractivity contribution is 6.13. The second kappa shape index (κ2) is 15.6. The normalized spacial score (nSPS) is 12.8. The Morgan fingerprint density at radius 2 is 0.725 bits per heavy atom. The predicted molar refractivity (Wildman–Crippen MR) is 286 cm³/mol. The molecular weight excluding hydrogens is 835 g/mol. The van der Waals surface area contributed by atoms with Crippen molar-refractivity contribution in [3.05, 3.63) is 283 Å². The van der Waals surface area contributed by atoms with Crippen molar-refractivity contribution in [3.63, 3.8) is 0 Å². The minimum atomic E-state index is -0.495. The summed E-state index contributed by atoms with van der Waals surface area (Å²) in [7, 11) is 0. The van der Waals surface area contributed by atoms with Crippen LogP contribution in [0.3, 0.4) is 0 Å². The Kier molecular flexibility index (Phi) is 8.84. The summed E-state index contributed by atoms with van der Waals surface area (Å²) >= 11 is 0. The van der Waals surface area contributed by atoms with Crippen LogP contribution < -0.4 is 4.90 Å². The van der Waals surface area contributed by atoms with Crippen LogP contribution in [0.5, 0.6) is 0 Å². The first-order valence-electron chi connectivity index (χ1n) is 23.8. The molecule has 2 nitrogen and oxygen atoms in total. The lowest BCUT2D eigenvalue weighted by atomic mass is 9.70. The Balaban J connectivity index is 1.07. The van der Waals surface area contributed by atoms with Gasteiger partial charge in [-0.15, -0.1) is 0 Å². The molecule has 0 fully saturated rings. The third-order valence-corrected chi connectivity index (χ3v) is 14.7. The van der Waals surface area contributed by atoms with E-state index < -0.39 is 5.41 Å². The van der Waals surface area contributed by atoms with Crippen LogP contribution in [0.2, 0.25) is 0 Å². The summed E-state index contributed by atoms with van der Waals surface area (Å²) in [5, 5.41) is 2.25. The van der Waals surface area contributed by atoms with Gasteiger partial charge < -0.3 is 9.32 Å². The number of hydrogen-bond acceptors (Lipinski definition) is 2. The number of rotatable bonds is 7. The second-order valence-electron chi connectivity index (χ2n) is 18.2. The van der Waals surface area contributed by atoms with Crippen LogP contribution in [0.15, 0.2) is 265 Å². The van der Waals surface area contributed by atoms with E-state index in [1.165, 1.54) is 66.8 Å². The molecule has 1 heterocycles. The van der Waals surface area contributed by atoms with Gasteiger partial charge in [0.05, 0.1) is 16.8 Å². The topological polar surface area (TPSA) is 16.4 Å². The van der Waals surface area contributed by atoms with E-state index in [1.54, 1.807) is 0 Å². The zero-order chi connectivity index (χ0) is 45.5. The summed E-state index contributed by atoms with van der Waals surface area (Å²) in [5.74, 6) is 0. The highest BCUT2D eigenvalue weighted by Gasteiger charge is 2.52. The Hall–Kier alpha value is -8.98. The van der Waals surface area contributed by atoms with E-state index in [1.807, 2.05) is 6.07 Å². The van der Waals surface area contributed by atoms with Crippen molar-refractivity contribution in [1.29, 1.82) is 0 Å². The van der Waals surface area contributed by atoms with Gasteiger partial charge in [0.25, 0.3) is 0 Å². The molecule has 69 heavy (non-hydrogen) atoms. The number of nitrogens with zero attached hydrogens (tertiary/aromatic N) is 1. The molecule has 0 N–H and O–H groups in total. The van der Waals surface area contributed by atoms with Crippen molar-refractivity contribution in [2.45, 2.75) is 5.41 Å². The molecule has 0 aliphatic heterocycles. The maximum Gasteiger partial charge on any atom is 0.136 e. The lowest BCUT2D eigenvalue weighted by Gasteiger charge is -2.33. The monoisotopic (exact) mass is 877 g/mol. The maximum absolute atomic E-state index is 6.38. The fourth-order valence-corrected chi connectivity index (χ4v) is 12.0. The van der Waals surface area contributed by atoms with Crippen molar-refractivity contribution >= 4 is 39.0 Å². The lowest BCUT2D eigenvalue weighted by molar-refractivity contribution is 0.669. The van der Waals surface area contributed by atoms with Gasteiger partial charge in [0.1, 0.15) is 11.2 Å². The first-order valence-corrected chi connectivity index (χ1v) is 23.8. The number of anilines is 3. The van der Waals surface area contributed by atoms with Crippen LogP contribution in [-0.4, -0.2) is 0 Å². The summed E-state index contributed by atoms with van der Waals surface area (Å²) in [6.45, 7) is 0. The third-order valence-electron chi connectivity index (χ3n) is 14.7. The molecule has 0 saturated heterocycles. The molecule has 14 rings (SSSR count). The molecule has 1 aromatic heterocycles. The van der Waals surface area contributed by atoms with Crippen LogP contribution in [0.4, 0.5) is 17.1 Å². The van der Waals surface area contributed by atoms with Crippen LogP contribution in [0.25, 0.3) is 88.7 Å². The standard InChI is InChI=1S/C67H43NO/c1-3-20-44(21-4-1)48-24-7-8-27-53(48)64-49(45-22-5-2-6-23-45)30-17-36-60(64)68(47-42-40-46(41-43-47)50-31-18-39-63-65(50)55-29-12-16-38-62(55)69-63)61-37-19-35-59-66(61)54-28-11-15-34-58(54)67(59)56-32-13-9-25-51(56)52-26-10-14-33-57(52)67/h1-43H. The van der Waals surface area contributed by atoms with E-state index >= 15 is 0 Å². The molecule has 0 atom stereocenters. The maximum atomic E-state index is 6.38. The smallest absolute Gasteiger partial charge is 0.136 e. The Morgan fingerprint density at radius 3 is 1.42 bits per heavy atom. The molecular formula is C67H43NO. The molecule has 12 aromatic rings. The predicted octanol–water partition coefficient (Wildman–Crippen LogP) is 18.1. The van der Waals surface area contributed by atoms with E-state index in [9.17, 15) is 0 Å². The van der Waals surface area contributed by atoms with Gasteiger partial charge in [-0.1, -0.05) is 224 Å². The average molecular weight is 878 g/mol. The lowest BCUT2D eigenvalue weighted by Crippen LogP contribution is -2.26. The van der Waals surface area contributed by atoms with Gasteiger partial charge in [0.2, 0.25) is 0 Å². The van der Waals surface area contributed by atoms with Crippen LogP contribution in [0.1, 0.15) is 22.3 Å². The molecule has 0 unspecified atom stereocenters. The molecule has 2 aliphatic rings. The number of benzene rings is 11. The van der Waals surface area contributed by atoms with Crippen LogP contribution in [0, 0.1) is 0 Å². The number of fused-ring (bicyclic) bond motifs is 13. The number of hydrogen-bond donors (Lipinski definition) is 0. The minimum absolute atomic E-state index is 0.495. The molecule has 0 amide bonds. The van der Waals surface area contributed by atoms with Gasteiger partial charge in [-0.3, -0.25) is 0 Å².